The fourth-order valence-corrected chi connectivity index (χ4v) is 4.57. The normalized spacial score (nSPS) is 14.0. The number of nitriles is 1. The molecule has 1 aliphatic rings. The smallest absolute Gasteiger partial charge is 0.264 e. The Labute approximate surface area is 218 Å². The van der Waals surface area contributed by atoms with Crippen molar-refractivity contribution >= 4 is 51.9 Å². The van der Waals surface area contributed by atoms with Gasteiger partial charge in [-0.25, -0.2) is 0 Å². The van der Waals surface area contributed by atoms with Crippen molar-refractivity contribution < 1.29 is 9.53 Å². The second-order valence-corrected chi connectivity index (χ2v) is 9.49. The van der Waals surface area contributed by atoms with E-state index in [2.05, 4.69) is 45.7 Å². The van der Waals surface area contributed by atoms with Crippen LogP contribution in [-0.4, -0.2) is 37.0 Å². The van der Waals surface area contributed by atoms with Crippen LogP contribution in [0.3, 0.4) is 0 Å². The van der Waals surface area contributed by atoms with E-state index in [-0.39, 0.29) is 11.5 Å². The van der Waals surface area contributed by atoms with Gasteiger partial charge in [-0.05, 0) is 76.2 Å². The molecule has 0 saturated carbocycles. The first-order valence-corrected chi connectivity index (χ1v) is 12.4. The van der Waals surface area contributed by atoms with Gasteiger partial charge in [-0.15, -0.1) is 0 Å². The number of nitrogens with zero attached hydrogens (tertiary/aromatic N) is 3. The molecule has 1 amide bonds. The number of halogens is 2. The van der Waals surface area contributed by atoms with E-state index in [1.165, 1.54) is 0 Å². The molecule has 7 heteroatoms. The Hall–Kier alpha value is -3.02. The Morgan fingerprint density at radius 2 is 1.74 bits per heavy atom. The lowest BCUT2D eigenvalue weighted by atomic mass is 10.1. The molecule has 0 radical (unpaired) electrons. The van der Waals surface area contributed by atoms with Crippen LogP contribution in [0.15, 0.2) is 78.4 Å². The minimum atomic E-state index is -0.228. The molecule has 0 bridgehead atoms. The average Bonchev–Trinajstić information content (AvgIpc) is 2.88. The van der Waals surface area contributed by atoms with Crippen LogP contribution in [0, 0.1) is 14.9 Å². The fourth-order valence-electron chi connectivity index (χ4n) is 3.75. The number of para-hydroxylation sites is 1. The molecule has 1 saturated heterocycles. The van der Waals surface area contributed by atoms with Crippen LogP contribution in [0.4, 0.5) is 5.69 Å². The van der Waals surface area contributed by atoms with Gasteiger partial charge in [0.15, 0.2) is 0 Å². The van der Waals surface area contributed by atoms with E-state index >= 15 is 0 Å². The maximum Gasteiger partial charge on any atom is 0.264 e. The van der Waals surface area contributed by atoms with E-state index in [1.807, 2.05) is 60.7 Å². The van der Waals surface area contributed by atoms with Crippen molar-refractivity contribution in [1.82, 2.24) is 4.90 Å². The highest BCUT2D eigenvalue weighted by Crippen LogP contribution is 2.25. The molecule has 0 unspecified atom stereocenters. The SMILES string of the molecule is N#C/C(=C/c1ccc(OCc2ccc(Cl)cc2)c(I)c1)C(=O)N1CCN(c2ccccc2)CC1. The van der Waals surface area contributed by atoms with Crippen molar-refractivity contribution in [3.05, 3.63) is 98.1 Å². The predicted octanol–water partition coefficient (Wildman–Crippen LogP) is 5.78. The number of carbonyl (C=O) groups is 1. The molecule has 3 aromatic rings. The van der Waals surface area contributed by atoms with E-state index in [1.54, 1.807) is 11.0 Å². The van der Waals surface area contributed by atoms with E-state index in [9.17, 15) is 10.1 Å². The zero-order valence-electron chi connectivity index (χ0n) is 18.5. The Bertz CT molecular complexity index is 1210. The number of hydrogen-bond donors (Lipinski definition) is 0. The molecule has 34 heavy (non-hydrogen) atoms. The zero-order valence-corrected chi connectivity index (χ0v) is 21.4. The highest BCUT2D eigenvalue weighted by atomic mass is 127. The molecule has 0 aliphatic carbocycles. The third-order valence-electron chi connectivity index (χ3n) is 5.61. The van der Waals surface area contributed by atoms with Crippen LogP contribution in [0.25, 0.3) is 6.08 Å². The number of piperazine rings is 1. The molecule has 1 aliphatic heterocycles. The second-order valence-electron chi connectivity index (χ2n) is 7.89. The molecule has 0 aromatic heterocycles. The largest absolute Gasteiger partial charge is 0.488 e. The number of rotatable bonds is 6. The topological polar surface area (TPSA) is 56.6 Å². The average molecular weight is 584 g/mol. The van der Waals surface area contributed by atoms with Crippen LogP contribution >= 0.6 is 34.2 Å². The van der Waals surface area contributed by atoms with Crippen molar-refractivity contribution in [2.75, 3.05) is 31.1 Å². The Balaban J connectivity index is 1.38. The van der Waals surface area contributed by atoms with E-state index < -0.39 is 0 Å². The third-order valence-corrected chi connectivity index (χ3v) is 6.71. The van der Waals surface area contributed by atoms with Crippen LogP contribution in [0.2, 0.25) is 5.02 Å². The van der Waals surface area contributed by atoms with Gasteiger partial charge in [-0.1, -0.05) is 48.0 Å². The molecule has 0 atom stereocenters. The van der Waals surface area contributed by atoms with Gasteiger partial charge in [0, 0.05) is 36.9 Å². The van der Waals surface area contributed by atoms with Crippen molar-refractivity contribution in [1.29, 1.82) is 5.26 Å². The highest BCUT2D eigenvalue weighted by Gasteiger charge is 2.23. The number of hydrogen-bond acceptors (Lipinski definition) is 4. The second kappa shape index (κ2) is 11.4. The molecule has 3 aromatic carbocycles. The summed E-state index contributed by atoms with van der Waals surface area (Å²) in [6.07, 6.45) is 1.65. The molecule has 4 rings (SSSR count). The van der Waals surface area contributed by atoms with Crippen molar-refractivity contribution in [2.45, 2.75) is 6.61 Å². The monoisotopic (exact) mass is 583 g/mol. The van der Waals surface area contributed by atoms with E-state index in [0.717, 1.165) is 39.2 Å². The van der Waals surface area contributed by atoms with Crippen LogP contribution in [-0.2, 0) is 11.4 Å². The Morgan fingerprint density at radius 3 is 2.38 bits per heavy atom. The van der Waals surface area contributed by atoms with Gasteiger partial charge < -0.3 is 14.5 Å². The molecule has 0 N–H and O–H groups in total. The minimum Gasteiger partial charge on any atom is -0.488 e. The molecule has 5 nitrogen and oxygen atoms in total. The number of ether oxygens (including phenoxy) is 1. The van der Waals surface area contributed by atoms with Gasteiger partial charge in [0.05, 0.1) is 3.57 Å². The molecule has 1 heterocycles. The minimum absolute atomic E-state index is 0.138. The van der Waals surface area contributed by atoms with Gasteiger partial charge in [-0.2, -0.15) is 5.26 Å². The molecule has 172 valence electrons. The van der Waals surface area contributed by atoms with Gasteiger partial charge in [0.25, 0.3) is 5.91 Å². The van der Waals surface area contributed by atoms with Crippen LogP contribution in [0.5, 0.6) is 5.75 Å². The Kier molecular flexibility index (Phi) is 8.09. The van der Waals surface area contributed by atoms with Gasteiger partial charge >= 0.3 is 0 Å². The highest BCUT2D eigenvalue weighted by molar-refractivity contribution is 14.1. The third kappa shape index (κ3) is 6.10. The summed E-state index contributed by atoms with van der Waals surface area (Å²) in [6, 6.07) is 25.4. The van der Waals surface area contributed by atoms with Crippen LogP contribution < -0.4 is 9.64 Å². The quantitative estimate of drug-likeness (QED) is 0.210. The number of carbonyl (C=O) groups excluding carboxylic acids is 1. The first kappa shape index (κ1) is 24.1. The summed E-state index contributed by atoms with van der Waals surface area (Å²) < 4.78 is 6.83. The lowest BCUT2D eigenvalue weighted by molar-refractivity contribution is -0.126. The lowest BCUT2D eigenvalue weighted by Gasteiger charge is -2.36. The zero-order chi connectivity index (χ0) is 23.9. The van der Waals surface area contributed by atoms with Crippen molar-refractivity contribution in [3.8, 4) is 11.8 Å². The molecule has 1 fully saturated rings. The Morgan fingerprint density at radius 1 is 1.03 bits per heavy atom. The van der Waals surface area contributed by atoms with E-state index in [0.29, 0.717) is 24.7 Å². The molecular formula is C27H23ClIN3O2. The van der Waals surface area contributed by atoms with Gasteiger partial charge in [0.1, 0.15) is 24.0 Å². The summed E-state index contributed by atoms with van der Waals surface area (Å²) in [4.78, 5) is 17.0. The molecule has 0 spiro atoms. The maximum atomic E-state index is 13.0. The van der Waals surface area contributed by atoms with Crippen molar-refractivity contribution in [2.24, 2.45) is 0 Å². The van der Waals surface area contributed by atoms with Crippen molar-refractivity contribution in [3.63, 3.8) is 0 Å². The first-order chi connectivity index (χ1) is 16.5. The summed E-state index contributed by atoms with van der Waals surface area (Å²) in [5.41, 5.74) is 3.10. The van der Waals surface area contributed by atoms with E-state index in [4.69, 9.17) is 16.3 Å². The fraction of sp³-hybridized carbons (Fsp3) is 0.185. The summed E-state index contributed by atoms with van der Waals surface area (Å²) in [5, 5.41) is 10.4. The lowest BCUT2D eigenvalue weighted by Crippen LogP contribution is -2.49. The number of anilines is 1. The number of benzene rings is 3. The standard InChI is InChI=1S/C27H23ClIN3O2/c28-23-9-6-20(7-10-23)19-34-26-11-8-21(17-25(26)29)16-22(18-30)27(33)32-14-12-31(13-15-32)24-4-2-1-3-5-24/h1-11,16-17H,12-15,19H2/b22-16-. The van der Waals surface area contributed by atoms with Gasteiger partial charge in [0.2, 0.25) is 0 Å². The molecular weight excluding hydrogens is 561 g/mol. The summed E-state index contributed by atoms with van der Waals surface area (Å²) in [5.74, 6) is 0.517. The maximum absolute atomic E-state index is 13.0. The summed E-state index contributed by atoms with van der Waals surface area (Å²) >= 11 is 8.13. The van der Waals surface area contributed by atoms with Crippen LogP contribution in [0.1, 0.15) is 11.1 Å². The van der Waals surface area contributed by atoms with Gasteiger partial charge in [-0.3, -0.25) is 4.79 Å². The first-order valence-electron chi connectivity index (χ1n) is 10.9. The summed E-state index contributed by atoms with van der Waals surface area (Å²) in [6.45, 7) is 3.08. The predicted molar refractivity (Wildman–Crippen MR) is 144 cm³/mol. The number of amides is 1. The summed E-state index contributed by atoms with van der Waals surface area (Å²) in [7, 11) is 0.